The number of piperidine rings is 1. The van der Waals surface area contributed by atoms with Gasteiger partial charge in [-0.15, -0.1) is 0 Å². The molecule has 1 spiro atoms. The molecule has 4 aromatic rings. The Balaban J connectivity index is 1.32. The summed E-state index contributed by atoms with van der Waals surface area (Å²) < 4.78 is 41.1. The van der Waals surface area contributed by atoms with Crippen LogP contribution in [0.1, 0.15) is 29.9 Å². The van der Waals surface area contributed by atoms with Gasteiger partial charge < -0.3 is 4.57 Å². The van der Waals surface area contributed by atoms with E-state index in [1.807, 2.05) is 42.1 Å². The number of rotatable bonds is 3. The van der Waals surface area contributed by atoms with Crippen LogP contribution in [0.25, 0.3) is 11.0 Å². The number of halogens is 3. The van der Waals surface area contributed by atoms with Crippen molar-refractivity contribution >= 4 is 28.3 Å². The summed E-state index contributed by atoms with van der Waals surface area (Å²) in [6.07, 6.45) is 1.21. The summed E-state index contributed by atoms with van der Waals surface area (Å²) in [5.41, 5.74) is 1.12. The van der Waals surface area contributed by atoms with E-state index < -0.39 is 17.3 Å². The quantitative estimate of drug-likeness (QED) is 0.419. The van der Waals surface area contributed by atoms with E-state index in [1.165, 1.54) is 6.07 Å². The number of anilines is 2. The van der Waals surface area contributed by atoms with Crippen LogP contribution >= 0.6 is 0 Å². The van der Waals surface area contributed by atoms with Crippen LogP contribution in [-0.2, 0) is 30.0 Å². The Morgan fingerprint density at radius 2 is 1.81 bits per heavy atom. The van der Waals surface area contributed by atoms with E-state index in [2.05, 4.69) is 19.9 Å². The average Bonchev–Trinajstić information content (AvgIpc) is 3.38. The van der Waals surface area contributed by atoms with Gasteiger partial charge in [0.25, 0.3) is 0 Å². The van der Waals surface area contributed by atoms with Crippen molar-refractivity contribution in [2.24, 2.45) is 7.05 Å². The number of alkyl halides is 3. The Bertz CT molecular complexity index is 1470. The minimum atomic E-state index is -4.57. The van der Waals surface area contributed by atoms with Gasteiger partial charge >= 0.3 is 6.18 Å². The van der Waals surface area contributed by atoms with E-state index in [9.17, 15) is 18.0 Å². The van der Waals surface area contributed by atoms with E-state index in [-0.39, 0.29) is 11.4 Å². The van der Waals surface area contributed by atoms with Crippen molar-refractivity contribution in [2.45, 2.75) is 31.0 Å². The van der Waals surface area contributed by atoms with Crippen molar-refractivity contribution in [3.05, 3.63) is 78.1 Å². The first kappa shape index (κ1) is 22.7. The average molecular weight is 493 g/mol. The number of fused-ring (bicyclic) bond motifs is 3. The largest absolute Gasteiger partial charge is 0.434 e. The second-order valence-corrected chi connectivity index (χ2v) is 9.40. The lowest BCUT2D eigenvalue weighted by Gasteiger charge is -2.38. The maximum atomic E-state index is 14.0. The van der Waals surface area contributed by atoms with Crippen LogP contribution in [0.5, 0.6) is 0 Å². The zero-order valence-corrected chi connectivity index (χ0v) is 19.5. The monoisotopic (exact) mass is 492 g/mol. The van der Waals surface area contributed by atoms with Gasteiger partial charge in [-0.25, -0.2) is 9.97 Å². The molecule has 0 saturated carbocycles. The minimum Gasteiger partial charge on any atom is -0.337 e. The van der Waals surface area contributed by atoms with Crippen molar-refractivity contribution in [3.8, 4) is 0 Å². The molecule has 4 heterocycles. The van der Waals surface area contributed by atoms with Crippen molar-refractivity contribution in [1.82, 2.24) is 24.4 Å². The maximum absolute atomic E-state index is 14.0. The lowest BCUT2D eigenvalue weighted by atomic mass is 9.73. The number of hydrogen-bond acceptors (Lipinski definition) is 5. The van der Waals surface area contributed by atoms with Gasteiger partial charge in [0.15, 0.2) is 5.69 Å². The fraction of sp³-hybridized carbons (Fsp3) is 0.308. The molecular formula is C26H23F3N6O. The van der Waals surface area contributed by atoms with E-state index in [4.69, 9.17) is 0 Å². The standard InChI is InChI=1S/C26H23F3N6O/c1-33-13-10-30-23(33)16-34-11-8-25(9-12-34)18-4-2-3-5-21(18)35(24(25)36)17-6-7-19-20(14-17)31-15-22(32-19)26(27,28)29/h2-7,10,13-15H,8-9,11-12,16H2,1H3. The van der Waals surface area contributed by atoms with Gasteiger partial charge in [-0.3, -0.25) is 19.6 Å². The normalized spacial score (nSPS) is 17.8. The van der Waals surface area contributed by atoms with Gasteiger partial charge in [0, 0.05) is 19.4 Å². The molecule has 6 rings (SSSR count). The van der Waals surface area contributed by atoms with Gasteiger partial charge in [0.1, 0.15) is 5.82 Å². The number of aryl methyl sites for hydroxylation is 1. The summed E-state index contributed by atoms with van der Waals surface area (Å²) in [6, 6.07) is 12.5. The third-order valence-corrected chi connectivity index (χ3v) is 7.34. The van der Waals surface area contributed by atoms with Crippen LogP contribution in [0, 0.1) is 0 Å². The molecule has 0 N–H and O–H groups in total. The van der Waals surface area contributed by atoms with Crippen LogP contribution in [0.3, 0.4) is 0 Å². The van der Waals surface area contributed by atoms with Crippen molar-refractivity contribution < 1.29 is 18.0 Å². The first-order valence-electron chi connectivity index (χ1n) is 11.7. The molecule has 1 amide bonds. The summed E-state index contributed by atoms with van der Waals surface area (Å²) in [5, 5.41) is 0. The number of carbonyl (C=O) groups is 1. The third-order valence-electron chi connectivity index (χ3n) is 7.34. The van der Waals surface area contributed by atoms with Crippen molar-refractivity contribution in [1.29, 1.82) is 0 Å². The second kappa shape index (κ2) is 8.12. The van der Waals surface area contributed by atoms with Crippen LogP contribution < -0.4 is 4.90 Å². The molecule has 184 valence electrons. The number of hydrogen-bond donors (Lipinski definition) is 0. The zero-order valence-electron chi connectivity index (χ0n) is 19.5. The fourth-order valence-electron chi connectivity index (χ4n) is 5.37. The molecule has 36 heavy (non-hydrogen) atoms. The highest BCUT2D eigenvalue weighted by Crippen LogP contribution is 2.50. The van der Waals surface area contributed by atoms with Gasteiger partial charge in [0.2, 0.25) is 5.91 Å². The molecular weight excluding hydrogens is 469 g/mol. The molecule has 0 bridgehead atoms. The van der Waals surface area contributed by atoms with Crippen molar-refractivity contribution in [2.75, 3.05) is 18.0 Å². The highest BCUT2D eigenvalue weighted by Gasteiger charge is 2.52. The predicted octanol–water partition coefficient (Wildman–Crippen LogP) is 4.59. The third kappa shape index (κ3) is 3.55. The number of carbonyl (C=O) groups excluding carboxylic acids is 1. The Hall–Kier alpha value is -3.79. The summed E-state index contributed by atoms with van der Waals surface area (Å²) in [5.74, 6) is 0.969. The number of likely N-dealkylation sites (tertiary alicyclic amines) is 1. The van der Waals surface area contributed by atoms with E-state index in [1.54, 1.807) is 23.2 Å². The molecule has 1 fully saturated rings. The molecule has 2 aromatic carbocycles. The molecule has 10 heteroatoms. The lowest BCUT2D eigenvalue weighted by Crippen LogP contribution is -2.47. The molecule has 1 saturated heterocycles. The Morgan fingerprint density at radius 1 is 1.03 bits per heavy atom. The van der Waals surface area contributed by atoms with E-state index in [0.29, 0.717) is 24.0 Å². The lowest BCUT2D eigenvalue weighted by molar-refractivity contribution is -0.141. The molecule has 0 radical (unpaired) electrons. The molecule has 0 unspecified atom stereocenters. The highest BCUT2D eigenvalue weighted by atomic mass is 19.4. The Kier molecular flexibility index (Phi) is 5.11. The molecule has 2 aromatic heterocycles. The molecule has 2 aliphatic rings. The second-order valence-electron chi connectivity index (χ2n) is 9.40. The number of amides is 1. The van der Waals surface area contributed by atoms with E-state index >= 15 is 0 Å². The number of imidazole rings is 1. The predicted molar refractivity (Wildman–Crippen MR) is 128 cm³/mol. The van der Waals surface area contributed by atoms with Gasteiger partial charge in [-0.1, -0.05) is 18.2 Å². The minimum absolute atomic E-state index is 0.0143. The smallest absolute Gasteiger partial charge is 0.337 e. The maximum Gasteiger partial charge on any atom is 0.434 e. The van der Waals surface area contributed by atoms with Gasteiger partial charge in [-0.2, -0.15) is 13.2 Å². The first-order valence-corrected chi connectivity index (χ1v) is 11.7. The topological polar surface area (TPSA) is 67.2 Å². The summed E-state index contributed by atoms with van der Waals surface area (Å²) in [6.45, 7) is 2.23. The number of nitrogens with zero attached hydrogens (tertiary/aromatic N) is 6. The summed E-state index contributed by atoms with van der Waals surface area (Å²) in [4.78, 5) is 30.1. The number of para-hydroxylation sites is 1. The zero-order chi connectivity index (χ0) is 25.1. The fourth-order valence-corrected chi connectivity index (χ4v) is 5.37. The Morgan fingerprint density at radius 3 is 2.53 bits per heavy atom. The van der Waals surface area contributed by atoms with Crippen LogP contribution in [0.4, 0.5) is 24.5 Å². The van der Waals surface area contributed by atoms with Crippen LogP contribution in [0.2, 0.25) is 0 Å². The van der Waals surface area contributed by atoms with Crippen LogP contribution in [-0.4, -0.2) is 43.4 Å². The van der Waals surface area contributed by atoms with Gasteiger partial charge in [0.05, 0.1) is 40.6 Å². The molecule has 2 aliphatic heterocycles. The van der Waals surface area contributed by atoms with Crippen molar-refractivity contribution in [3.63, 3.8) is 0 Å². The molecule has 7 nitrogen and oxygen atoms in total. The number of aromatic nitrogens is 4. The number of benzene rings is 2. The molecule has 0 atom stereocenters. The first-order chi connectivity index (χ1) is 17.3. The highest BCUT2D eigenvalue weighted by molar-refractivity contribution is 6.13. The van der Waals surface area contributed by atoms with E-state index in [0.717, 1.165) is 42.9 Å². The SMILES string of the molecule is Cn1ccnc1CN1CCC2(CC1)C(=O)N(c1ccc3nc(C(F)(F)F)cnc3c1)c1ccccc12. The van der Waals surface area contributed by atoms with Crippen LogP contribution in [0.15, 0.2) is 61.1 Å². The summed E-state index contributed by atoms with van der Waals surface area (Å²) in [7, 11) is 1.97. The summed E-state index contributed by atoms with van der Waals surface area (Å²) >= 11 is 0. The molecule has 0 aliphatic carbocycles. The van der Waals surface area contributed by atoms with Gasteiger partial charge in [-0.05, 0) is 55.8 Å². The Labute approximate surface area is 205 Å².